The number of ether oxygens (including phenoxy) is 1. The highest BCUT2D eigenvalue weighted by molar-refractivity contribution is 7.89. The van der Waals surface area contributed by atoms with Crippen LogP contribution in [0.1, 0.15) is 18.1 Å². The minimum absolute atomic E-state index is 0.0462. The molecule has 142 valence electrons. The van der Waals surface area contributed by atoms with Gasteiger partial charge in [0.05, 0.1) is 12.0 Å². The molecule has 0 unspecified atom stereocenters. The van der Waals surface area contributed by atoms with E-state index < -0.39 is 22.0 Å². The number of benzene rings is 2. The first-order valence-electron chi connectivity index (χ1n) is 8.37. The highest BCUT2D eigenvalue weighted by atomic mass is 32.2. The van der Waals surface area contributed by atoms with E-state index in [9.17, 15) is 18.0 Å². The van der Waals surface area contributed by atoms with Gasteiger partial charge in [-0.3, -0.25) is 9.59 Å². The van der Waals surface area contributed by atoms with Crippen LogP contribution in [0.4, 0.5) is 5.69 Å². The largest absolute Gasteiger partial charge is 0.468 e. The van der Waals surface area contributed by atoms with E-state index >= 15 is 0 Å². The van der Waals surface area contributed by atoms with Crippen LogP contribution in [0.25, 0.3) is 0 Å². The molecule has 1 atom stereocenters. The molecule has 27 heavy (non-hydrogen) atoms. The summed E-state index contributed by atoms with van der Waals surface area (Å²) in [5.41, 5.74) is 2.28. The second-order valence-corrected chi connectivity index (χ2v) is 8.16. The van der Waals surface area contributed by atoms with E-state index in [0.29, 0.717) is 5.69 Å². The zero-order valence-corrected chi connectivity index (χ0v) is 15.8. The number of nitrogens with one attached hydrogen (secondary N) is 1. The van der Waals surface area contributed by atoms with Gasteiger partial charge in [-0.15, -0.1) is 0 Å². The SMILES string of the molecule is COC(=O)[C@@H]1Cc2ccccc2CN1S(=O)(=O)c1ccc(NC(C)=O)cc1. The molecule has 0 saturated heterocycles. The molecule has 0 aromatic heterocycles. The number of amides is 1. The molecule has 8 heteroatoms. The maximum atomic E-state index is 13.2. The molecule has 1 heterocycles. The first-order chi connectivity index (χ1) is 12.8. The lowest BCUT2D eigenvalue weighted by Gasteiger charge is -2.34. The summed E-state index contributed by atoms with van der Waals surface area (Å²) in [6.07, 6.45) is 0.256. The predicted molar refractivity (Wildman–Crippen MR) is 99.4 cm³/mol. The number of rotatable bonds is 4. The van der Waals surface area contributed by atoms with Gasteiger partial charge in [0.25, 0.3) is 0 Å². The Hall–Kier alpha value is -2.71. The third-order valence-electron chi connectivity index (χ3n) is 4.46. The second-order valence-electron chi connectivity index (χ2n) is 6.27. The summed E-state index contributed by atoms with van der Waals surface area (Å²) in [5, 5.41) is 2.59. The Morgan fingerprint density at radius 3 is 2.30 bits per heavy atom. The number of sulfonamides is 1. The van der Waals surface area contributed by atoms with Crippen LogP contribution < -0.4 is 5.32 Å². The summed E-state index contributed by atoms with van der Waals surface area (Å²) in [4.78, 5) is 23.4. The monoisotopic (exact) mass is 388 g/mol. The van der Waals surface area contributed by atoms with Gasteiger partial charge in [-0.25, -0.2) is 8.42 Å². The van der Waals surface area contributed by atoms with Crippen LogP contribution in [0.5, 0.6) is 0 Å². The molecule has 2 aromatic rings. The summed E-state index contributed by atoms with van der Waals surface area (Å²) >= 11 is 0. The third kappa shape index (κ3) is 3.86. The molecular weight excluding hydrogens is 368 g/mol. The fourth-order valence-electron chi connectivity index (χ4n) is 3.14. The van der Waals surface area contributed by atoms with Crippen molar-refractivity contribution in [1.29, 1.82) is 0 Å². The number of anilines is 1. The number of nitrogens with zero attached hydrogens (tertiary/aromatic N) is 1. The number of hydrogen-bond donors (Lipinski definition) is 1. The van der Waals surface area contributed by atoms with Crippen molar-refractivity contribution in [3.8, 4) is 0 Å². The van der Waals surface area contributed by atoms with E-state index in [1.165, 1.54) is 42.6 Å². The minimum Gasteiger partial charge on any atom is -0.468 e. The van der Waals surface area contributed by atoms with Crippen molar-refractivity contribution in [1.82, 2.24) is 4.31 Å². The van der Waals surface area contributed by atoms with Crippen molar-refractivity contribution in [2.75, 3.05) is 12.4 Å². The van der Waals surface area contributed by atoms with Crippen molar-refractivity contribution in [2.45, 2.75) is 30.8 Å². The van der Waals surface area contributed by atoms with Gasteiger partial charge < -0.3 is 10.1 Å². The maximum absolute atomic E-state index is 13.2. The van der Waals surface area contributed by atoms with Crippen LogP contribution in [-0.2, 0) is 37.3 Å². The van der Waals surface area contributed by atoms with Gasteiger partial charge in [0, 0.05) is 25.6 Å². The standard InChI is InChI=1S/C19H20N2O5S/c1-13(22)20-16-7-9-17(10-8-16)27(24,25)21-12-15-6-4-3-5-14(15)11-18(21)19(23)26-2/h3-10,18H,11-12H2,1-2H3,(H,20,22)/t18-/m0/s1. The molecule has 1 aliphatic rings. The zero-order valence-electron chi connectivity index (χ0n) is 15.0. The van der Waals surface area contributed by atoms with Crippen molar-refractivity contribution in [3.63, 3.8) is 0 Å². The average molecular weight is 388 g/mol. The first-order valence-corrected chi connectivity index (χ1v) is 9.81. The van der Waals surface area contributed by atoms with Crippen LogP contribution in [0, 0.1) is 0 Å². The van der Waals surface area contributed by atoms with Crippen molar-refractivity contribution in [3.05, 3.63) is 59.7 Å². The summed E-state index contributed by atoms with van der Waals surface area (Å²) in [7, 11) is -2.69. The third-order valence-corrected chi connectivity index (χ3v) is 6.33. The van der Waals surface area contributed by atoms with Gasteiger partial charge in [0.2, 0.25) is 15.9 Å². The van der Waals surface area contributed by atoms with Gasteiger partial charge in [-0.05, 0) is 35.4 Å². The van der Waals surface area contributed by atoms with E-state index in [4.69, 9.17) is 4.74 Å². The van der Waals surface area contributed by atoms with Gasteiger partial charge >= 0.3 is 5.97 Å². The number of carbonyl (C=O) groups excluding carboxylic acids is 2. The molecule has 0 aliphatic carbocycles. The van der Waals surface area contributed by atoms with Crippen molar-refractivity contribution in [2.24, 2.45) is 0 Å². The highest BCUT2D eigenvalue weighted by Gasteiger charge is 2.40. The Balaban J connectivity index is 1.97. The van der Waals surface area contributed by atoms with Crippen molar-refractivity contribution >= 4 is 27.6 Å². The molecular formula is C19H20N2O5S. The molecule has 2 aromatic carbocycles. The molecule has 0 saturated carbocycles. The Kier molecular flexibility index (Phi) is 5.29. The summed E-state index contributed by atoms with van der Waals surface area (Å²) in [6, 6.07) is 12.4. The van der Waals surface area contributed by atoms with Crippen LogP contribution in [0.2, 0.25) is 0 Å². The molecule has 0 spiro atoms. The Morgan fingerprint density at radius 1 is 1.07 bits per heavy atom. The number of hydrogen-bond acceptors (Lipinski definition) is 5. The van der Waals surface area contributed by atoms with Gasteiger partial charge in [-0.2, -0.15) is 4.31 Å². The predicted octanol–water partition coefficient (Wildman–Crippen LogP) is 1.93. The topological polar surface area (TPSA) is 92.8 Å². The van der Waals surface area contributed by atoms with E-state index in [2.05, 4.69) is 5.32 Å². The number of methoxy groups -OCH3 is 1. The zero-order chi connectivity index (χ0) is 19.6. The van der Waals surface area contributed by atoms with Crippen LogP contribution in [0.15, 0.2) is 53.4 Å². The lowest BCUT2D eigenvalue weighted by atomic mass is 9.96. The maximum Gasteiger partial charge on any atom is 0.324 e. The molecule has 0 radical (unpaired) electrons. The van der Waals surface area contributed by atoms with Crippen LogP contribution in [0.3, 0.4) is 0 Å². The van der Waals surface area contributed by atoms with E-state index in [1.54, 1.807) is 0 Å². The molecule has 1 N–H and O–H groups in total. The summed E-state index contributed by atoms with van der Waals surface area (Å²) in [5.74, 6) is -0.841. The number of fused-ring (bicyclic) bond motifs is 1. The second kappa shape index (κ2) is 7.50. The molecule has 0 fully saturated rings. The first kappa shape index (κ1) is 19.1. The molecule has 3 rings (SSSR count). The Morgan fingerprint density at radius 2 is 1.70 bits per heavy atom. The lowest BCUT2D eigenvalue weighted by molar-refractivity contribution is -0.145. The summed E-state index contributed by atoms with van der Waals surface area (Å²) in [6.45, 7) is 1.46. The van der Waals surface area contributed by atoms with Gasteiger partial charge in [0.1, 0.15) is 6.04 Å². The molecule has 1 aliphatic heterocycles. The normalized spacial score (nSPS) is 17.0. The van der Waals surface area contributed by atoms with E-state index in [0.717, 1.165) is 11.1 Å². The fraction of sp³-hybridized carbons (Fsp3) is 0.263. The van der Waals surface area contributed by atoms with Gasteiger partial charge in [0.15, 0.2) is 0 Å². The van der Waals surface area contributed by atoms with Crippen LogP contribution >= 0.6 is 0 Å². The Bertz CT molecular complexity index is 970. The number of esters is 1. The molecule has 0 bridgehead atoms. The van der Waals surface area contributed by atoms with E-state index in [-0.39, 0.29) is 23.8 Å². The van der Waals surface area contributed by atoms with Crippen molar-refractivity contribution < 1.29 is 22.7 Å². The fourth-order valence-corrected chi connectivity index (χ4v) is 4.69. The highest BCUT2D eigenvalue weighted by Crippen LogP contribution is 2.30. The smallest absolute Gasteiger partial charge is 0.324 e. The number of carbonyl (C=O) groups is 2. The quantitative estimate of drug-likeness (QED) is 0.808. The van der Waals surface area contributed by atoms with Crippen LogP contribution in [-0.4, -0.2) is 37.8 Å². The Labute approximate surface area is 158 Å². The lowest BCUT2D eigenvalue weighted by Crippen LogP contribution is -2.48. The summed E-state index contributed by atoms with van der Waals surface area (Å²) < 4.78 is 32.4. The van der Waals surface area contributed by atoms with E-state index in [1.807, 2.05) is 24.3 Å². The minimum atomic E-state index is -3.93. The molecule has 7 nitrogen and oxygen atoms in total. The molecule has 1 amide bonds. The average Bonchev–Trinajstić information content (AvgIpc) is 2.66. The van der Waals surface area contributed by atoms with Gasteiger partial charge in [-0.1, -0.05) is 24.3 Å².